The topological polar surface area (TPSA) is 81.6 Å². The van der Waals surface area contributed by atoms with Crippen molar-refractivity contribution < 1.29 is 9.66 Å². The van der Waals surface area contributed by atoms with Crippen LogP contribution in [-0.4, -0.2) is 42.7 Å². The highest BCUT2D eigenvalue weighted by molar-refractivity contribution is 5.42. The van der Waals surface area contributed by atoms with Gasteiger partial charge in [-0.1, -0.05) is 18.2 Å². The first-order chi connectivity index (χ1) is 8.65. The van der Waals surface area contributed by atoms with E-state index in [4.69, 9.17) is 10.5 Å². The van der Waals surface area contributed by atoms with Gasteiger partial charge < -0.3 is 10.5 Å². The highest BCUT2D eigenvalue weighted by Gasteiger charge is 2.34. The quantitative estimate of drug-likeness (QED) is 0.638. The zero-order valence-electron chi connectivity index (χ0n) is 10.3. The summed E-state index contributed by atoms with van der Waals surface area (Å²) in [6.07, 6.45) is -0.204. The Morgan fingerprint density at radius 2 is 2.28 bits per heavy atom. The van der Waals surface area contributed by atoms with Crippen LogP contribution in [0.3, 0.4) is 0 Å². The maximum atomic E-state index is 11.1. The molecule has 2 N–H and O–H groups in total. The van der Waals surface area contributed by atoms with Crippen molar-refractivity contribution in [3.05, 3.63) is 39.9 Å². The molecule has 1 aromatic carbocycles. The molecule has 1 saturated heterocycles. The standard InChI is InChI=1S/C12H17N3O3/c1-14-6-7-18-11(8-13)12(14)9-4-2-3-5-10(9)15(16)17/h2-5,11-12H,6-8,13H2,1H3. The van der Waals surface area contributed by atoms with Crippen molar-refractivity contribution in [1.29, 1.82) is 0 Å². The fourth-order valence-electron chi connectivity index (χ4n) is 2.40. The van der Waals surface area contributed by atoms with Crippen LogP contribution in [0.1, 0.15) is 11.6 Å². The predicted molar refractivity (Wildman–Crippen MR) is 67.3 cm³/mol. The Balaban J connectivity index is 2.41. The third-order valence-corrected chi connectivity index (χ3v) is 3.29. The van der Waals surface area contributed by atoms with Gasteiger partial charge in [-0.05, 0) is 7.05 Å². The lowest BCUT2D eigenvalue weighted by molar-refractivity contribution is -0.386. The van der Waals surface area contributed by atoms with Crippen LogP contribution in [0.2, 0.25) is 0 Å². The highest BCUT2D eigenvalue weighted by Crippen LogP contribution is 2.33. The van der Waals surface area contributed by atoms with E-state index in [1.54, 1.807) is 18.2 Å². The Labute approximate surface area is 105 Å². The second kappa shape index (κ2) is 5.43. The average Bonchev–Trinajstić information content (AvgIpc) is 2.38. The van der Waals surface area contributed by atoms with Crippen molar-refractivity contribution in [2.45, 2.75) is 12.1 Å². The lowest BCUT2D eigenvalue weighted by atomic mass is 9.97. The zero-order chi connectivity index (χ0) is 13.1. The third-order valence-electron chi connectivity index (χ3n) is 3.29. The largest absolute Gasteiger partial charge is 0.374 e. The van der Waals surface area contributed by atoms with Crippen molar-refractivity contribution in [1.82, 2.24) is 4.90 Å². The molecular formula is C12H17N3O3. The van der Waals surface area contributed by atoms with Crippen LogP contribution < -0.4 is 5.73 Å². The van der Waals surface area contributed by atoms with Gasteiger partial charge in [-0.25, -0.2) is 0 Å². The monoisotopic (exact) mass is 251 g/mol. The first-order valence-electron chi connectivity index (χ1n) is 5.90. The third kappa shape index (κ3) is 2.35. The number of nitrogens with two attached hydrogens (primary N) is 1. The van der Waals surface area contributed by atoms with Crippen molar-refractivity contribution >= 4 is 5.69 Å². The molecule has 0 bridgehead atoms. The molecule has 2 atom stereocenters. The zero-order valence-corrected chi connectivity index (χ0v) is 10.3. The molecule has 1 aromatic rings. The minimum Gasteiger partial charge on any atom is -0.374 e. The molecule has 1 fully saturated rings. The Hall–Kier alpha value is -1.50. The fraction of sp³-hybridized carbons (Fsp3) is 0.500. The van der Waals surface area contributed by atoms with Crippen molar-refractivity contribution in [3.8, 4) is 0 Å². The average molecular weight is 251 g/mol. The molecule has 0 radical (unpaired) electrons. The van der Waals surface area contributed by atoms with E-state index in [0.29, 0.717) is 18.7 Å². The molecule has 1 heterocycles. The number of para-hydroxylation sites is 1. The van der Waals surface area contributed by atoms with Crippen molar-refractivity contribution in [3.63, 3.8) is 0 Å². The Morgan fingerprint density at radius 3 is 2.94 bits per heavy atom. The van der Waals surface area contributed by atoms with Crippen LogP contribution in [-0.2, 0) is 4.74 Å². The minimum absolute atomic E-state index is 0.123. The first-order valence-corrected chi connectivity index (χ1v) is 5.90. The summed E-state index contributed by atoms with van der Waals surface area (Å²) >= 11 is 0. The summed E-state index contributed by atoms with van der Waals surface area (Å²) in [5, 5.41) is 11.1. The molecule has 2 unspecified atom stereocenters. The minimum atomic E-state index is -0.356. The molecule has 18 heavy (non-hydrogen) atoms. The molecule has 98 valence electrons. The molecule has 0 aromatic heterocycles. The van der Waals surface area contributed by atoms with Gasteiger partial charge in [0.15, 0.2) is 0 Å². The number of ether oxygens (including phenoxy) is 1. The molecule has 0 spiro atoms. The Kier molecular flexibility index (Phi) is 3.90. The van der Waals surface area contributed by atoms with E-state index in [-0.39, 0.29) is 22.8 Å². The molecule has 0 saturated carbocycles. The predicted octanol–water partition coefficient (Wildman–Crippen LogP) is 0.925. The lowest BCUT2D eigenvalue weighted by Crippen LogP contribution is -2.46. The van der Waals surface area contributed by atoms with Crippen LogP contribution in [0.4, 0.5) is 5.69 Å². The van der Waals surface area contributed by atoms with E-state index < -0.39 is 0 Å². The van der Waals surface area contributed by atoms with Crippen LogP contribution >= 0.6 is 0 Å². The maximum absolute atomic E-state index is 11.1. The molecule has 6 nitrogen and oxygen atoms in total. The number of nitrogens with zero attached hydrogens (tertiary/aromatic N) is 2. The van der Waals surface area contributed by atoms with E-state index in [1.165, 1.54) is 6.07 Å². The van der Waals surface area contributed by atoms with E-state index >= 15 is 0 Å². The van der Waals surface area contributed by atoms with Crippen LogP contribution in [0.25, 0.3) is 0 Å². The van der Waals surface area contributed by atoms with Gasteiger partial charge in [0.2, 0.25) is 0 Å². The lowest BCUT2D eigenvalue weighted by Gasteiger charge is -2.38. The summed E-state index contributed by atoms with van der Waals surface area (Å²) in [6, 6.07) is 6.61. The summed E-state index contributed by atoms with van der Waals surface area (Å²) < 4.78 is 5.61. The molecule has 0 aliphatic carbocycles. The second-order valence-electron chi connectivity index (χ2n) is 4.39. The molecule has 0 amide bonds. The number of hydrogen-bond donors (Lipinski definition) is 1. The van der Waals surface area contributed by atoms with Gasteiger partial charge in [0.25, 0.3) is 5.69 Å². The number of rotatable bonds is 3. The highest BCUT2D eigenvalue weighted by atomic mass is 16.6. The number of nitro benzene ring substituents is 1. The van der Waals surface area contributed by atoms with Gasteiger partial charge in [-0.2, -0.15) is 0 Å². The van der Waals surface area contributed by atoms with E-state index in [0.717, 1.165) is 6.54 Å². The van der Waals surface area contributed by atoms with E-state index in [2.05, 4.69) is 4.90 Å². The molecule has 2 rings (SSSR count). The summed E-state index contributed by atoms with van der Waals surface area (Å²) in [4.78, 5) is 12.8. The number of likely N-dealkylation sites (N-methyl/N-ethyl adjacent to an activating group) is 1. The van der Waals surface area contributed by atoms with Gasteiger partial charge in [-0.15, -0.1) is 0 Å². The number of benzene rings is 1. The van der Waals surface area contributed by atoms with Gasteiger partial charge in [0.05, 0.1) is 23.7 Å². The van der Waals surface area contributed by atoms with Crippen molar-refractivity contribution in [2.24, 2.45) is 5.73 Å². The summed E-state index contributed by atoms with van der Waals surface area (Å²) in [7, 11) is 1.94. The smallest absolute Gasteiger partial charge is 0.274 e. The first kappa shape index (κ1) is 12.9. The van der Waals surface area contributed by atoms with Crippen LogP contribution in [0, 0.1) is 10.1 Å². The number of nitro groups is 1. The SMILES string of the molecule is CN1CCOC(CN)C1c1ccccc1[N+](=O)[O-]. The molecule has 1 aliphatic heterocycles. The van der Waals surface area contributed by atoms with Crippen molar-refractivity contribution in [2.75, 3.05) is 26.7 Å². The maximum Gasteiger partial charge on any atom is 0.274 e. The molecule has 6 heteroatoms. The summed E-state index contributed by atoms with van der Waals surface area (Å²) in [6.45, 7) is 1.70. The number of morpholine rings is 1. The van der Waals surface area contributed by atoms with Crippen LogP contribution in [0.5, 0.6) is 0 Å². The Morgan fingerprint density at radius 1 is 1.56 bits per heavy atom. The van der Waals surface area contributed by atoms with E-state index in [1.807, 2.05) is 7.05 Å². The fourth-order valence-corrected chi connectivity index (χ4v) is 2.40. The molecular weight excluding hydrogens is 234 g/mol. The summed E-state index contributed by atoms with van der Waals surface area (Å²) in [5.41, 5.74) is 6.49. The van der Waals surface area contributed by atoms with Gasteiger partial charge in [0.1, 0.15) is 0 Å². The van der Waals surface area contributed by atoms with Gasteiger partial charge in [0, 0.05) is 24.7 Å². The Bertz CT molecular complexity index is 438. The normalized spacial score (nSPS) is 25.0. The number of hydrogen-bond acceptors (Lipinski definition) is 5. The van der Waals surface area contributed by atoms with Crippen LogP contribution in [0.15, 0.2) is 24.3 Å². The van der Waals surface area contributed by atoms with E-state index in [9.17, 15) is 10.1 Å². The molecule has 1 aliphatic rings. The summed E-state index contributed by atoms with van der Waals surface area (Å²) in [5.74, 6) is 0. The van der Waals surface area contributed by atoms with Gasteiger partial charge >= 0.3 is 0 Å². The second-order valence-corrected chi connectivity index (χ2v) is 4.39. The van der Waals surface area contributed by atoms with Gasteiger partial charge in [-0.3, -0.25) is 15.0 Å².